The summed E-state index contributed by atoms with van der Waals surface area (Å²) in [4.78, 5) is 18.5. The molecule has 3 heterocycles. The molecule has 1 fully saturated rings. The largest absolute Gasteiger partial charge is 0.291 e. The minimum atomic E-state index is -3.81. The summed E-state index contributed by atoms with van der Waals surface area (Å²) in [7, 11) is -3.81. The van der Waals surface area contributed by atoms with Crippen LogP contribution in [0.1, 0.15) is 33.7 Å². The zero-order valence-corrected chi connectivity index (χ0v) is 21.6. The van der Waals surface area contributed by atoms with Crippen molar-refractivity contribution in [1.82, 2.24) is 19.1 Å². The van der Waals surface area contributed by atoms with Gasteiger partial charge >= 0.3 is 0 Å². The van der Waals surface area contributed by atoms with Crippen molar-refractivity contribution in [1.29, 1.82) is 0 Å². The lowest BCUT2D eigenvalue weighted by molar-refractivity contribution is 0.0771. The van der Waals surface area contributed by atoms with Crippen molar-refractivity contribution in [2.75, 3.05) is 13.1 Å². The van der Waals surface area contributed by atoms with Gasteiger partial charge in [-0.05, 0) is 67.8 Å². The van der Waals surface area contributed by atoms with Gasteiger partial charge in [-0.1, -0.05) is 23.3 Å². The molecular formula is C27H23FN4O3S2. The van der Waals surface area contributed by atoms with E-state index in [1.54, 1.807) is 58.2 Å². The molecule has 2 aromatic carbocycles. The number of thiazole rings is 1. The van der Waals surface area contributed by atoms with Crippen LogP contribution < -0.4 is 0 Å². The molecule has 0 N–H and O–H groups in total. The van der Waals surface area contributed by atoms with Crippen molar-refractivity contribution in [2.45, 2.75) is 24.7 Å². The minimum Gasteiger partial charge on any atom is -0.291 e. The van der Waals surface area contributed by atoms with E-state index in [0.29, 0.717) is 24.2 Å². The maximum Gasteiger partial charge on any atom is 0.243 e. The second kappa shape index (κ2) is 8.83. The molecule has 1 aliphatic heterocycles. The Morgan fingerprint density at radius 3 is 2.57 bits per heavy atom. The van der Waals surface area contributed by atoms with Gasteiger partial charge in [0.15, 0.2) is 5.78 Å². The number of aryl methyl sites for hydroxylation is 1. The van der Waals surface area contributed by atoms with Crippen LogP contribution in [0.25, 0.3) is 11.8 Å². The molecule has 0 radical (unpaired) electrons. The average molecular weight is 535 g/mol. The molecule has 37 heavy (non-hydrogen) atoms. The first-order chi connectivity index (χ1) is 17.8. The number of benzene rings is 2. The monoisotopic (exact) mass is 534 g/mol. The van der Waals surface area contributed by atoms with E-state index in [9.17, 15) is 17.6 Å². The smallest absolute Gasteiger partial charge is 0.243 e. The Bertz CT molecular complexity index is 1630. The number of fused-ring (bicyclic) bond motifs is 2. The van der Waals surface area contributed by atoms with Crippen LogP contribution in [-0.2, 0) is 16.4 Å². The van der Waals surface area contributed by atoms with E-state index in [1.165, 1.54) is 27.8 Å². The van der Waals surface area contributed by atoms with Crippen LogP contribution in [0, 0.1) is 18.2 Å². The lowest BCUT2D eigenvalue weighted by Crippen LogP contribution is -2.53. The number of hydrogen-bond acceptors (Lipinski definition) is 6. The zero-order valence-electron chi connectivity index (χ0n) is 20.0. The van der Waals surface area contributed by atoms with Crippen molar-refractivity contribution >= 4 is 33.2 Å². The maximum atomic E-state index is 14.0. The van der Waals surface area contributed by atoms with Crippen LogP contribution in [0.3, 0.4) is 0 Å². The number of nitrogens with zero attached hydrogens (tertiary/aromatic N) is 4. The minimum absolute atomic E-state index is 0.0204. The summed E-state index contributed by atoms with van der Waals surface area (Å²) in [6.07, 6.45) is 4.35. The molecule has 2 aromatic heterocycles. The summed E-state index contributed by atoms with van der Waals surface area (Å²) in [5.74, 6) is -0.526. The average Bonchev–Trinajstić information content (AvgIpc) is 3.57. The van der Waals surface area contributed by atoms with Crippen LogP contribution in [0.4, 0.5) is 4.39 Å². The summed E-state index contributed by atoms with van der Waals surface area (Å²) in [5, 5.41) is 6.23. The molecule has 4 aromatic rings. The summed E-state index contributed by atoms with van der Waals surface area (Å²) >= 11 is 1.33. The third-order valence-electron chi connectivity index (χ3n) is 7.21. The van der Waals surface area contributed by atoms with Gasteiger partial charge in [-0.25, -0.2) is 22.5 Å². The van der Waals surface area contributed by atoms with Gasteiger partial charge in [-0.15, -0.1) is 11.3 Å². The van der Waals surface area contributed by atoms with E-state index in [1.807, 2.05) is 13.0 Å². The topological polar surface area (TPSA) is 85.2 Å². The molecule has 0 saturated carbocycles. The third-order valence-corrected chi connectivity index (χ3v) is 9.66. The van der Waals surface area contributed by atoms with E-state index in [2.05, 4.69) is 10.1 Å². The Labute approximate surface area is 218 Å². The maximum absolute atomic E-state index is 14.0. The predicted molar refractivity (Wildman–Crippen MR) is 139 cm³/mol. The lowest BCUT2D eigenvalue weighted by atomic mass is 9.65. The highest BCUT2D eigenvalue weighted by Crippen LogP contribution is 2.47. The van der Waals surface area contributed by atoms with E-state index < -0.39 is 15.4 Å². The van der Waals surface area contributed by atoms with E-state index in [4.69, 9.17) is 0 Å². The quantitative estimate of drug-likeness (QED) is 0.347. The molecule has 6 rings (SSSR count). The second-order valence-electron chi connectivity index (χ2n) is 9.48. The third kappa shape index (κ3) is 3.96. The van der Waals surface area contributed by atoms with E-state index in [0.717, 1.165) is 22.4 Å². The van der Waals surface area contributed by atoms with Gasteiger partial charge in [-0.3, -0.25) is 4.79 Å². The Morgan fingerprint density at radius 2 is 1.86 bits per heavy atom. The first kappa shape index (κ1) is 23.9. The molecule has 0 unspecified atom stereocenters. The van der Waals surface area contributed by atoms with Crippen molar-refractivity contribution in [3.63, 3.8) is 0 Å². The number of sulfonamides is 1. The Balaban J connectivity index is 1.44. The normalized spacial score (nSPS) is 19.7. The molecular weight excluding hydrogens is 511 g/mol. The van der Waals surface area contributed by atoms with Crippen molar-refractivity contribution in [2.24, 2.45) is 5.41 Å². The number of carbonyl (C=O) groups is 1. The molecule has 1 atom stereocenters. The highest BCUT2D eigenvalue weighted by atomic mass is 32.2. The van der Waals surface area contributed by atoms with Gasteiger partial charge in [0.25, 0.3) is 0 Å². The molecule has 1 aliphatic carbocycles. The zero-order chi connectivity index (χ0) is 25.8. The first-order valence-corrected chi connectivity index (χ1v) is 14.2. The molecule has 188 valence electrons. The number of Topliss-reactive ketones (excluding diaryl/α,β-unsaturated/α-hetero) is 1. The molecule has 0 spiro atoms. The Hall–Kier alpha value is -3.47. The molecule has 0 amide bonds. The number of hydrogen-bond donors (Lipinski definition) is 0. The highest BCUT2D eigenvalue weighted by molar-refractivity contribution is 7.89. The number of ketones is 1. The number of piperidine rings is 1. The first-order valence-electron chi connectivity index (χ1n) is 11.8. The second-order valence-corrected chi connectivity index (χ2v) is 12.1. The van der Waals surface area contributed by atoms with Gasteiger partial charge < -0.3 is 0 Å². The van der Waals surface area contributed by atoms with Crippen molar-refractivity contribution in [3.8, 4) is 5.69 Å². The summed E-state index contributed by atoms with van der Waals surface area (Å²) in [6, 6.07) is 12.8. The summed E-state index contributed by atoms with van der Waals surface area (Å²) < 4.78 is 43.9. The lowest BCUT2D eigenvalue weighted by Gasteiger charge is -2.44. The van der Waals surface area contributed by atoms with Crippen molar-refractivity contribution in [3.05, 3.63) is 99.5 Å². The van der Waals surface area contributed by atoms with Gasteiger partial charge in [-0.2, -0.15) is 9.40 Å². The molecule has 10 heteroatoms. The fraction of sp³-hybridized carbons (Fsp3) is 0.222. The Morgan fingerprint density at radius 1 is 1.11 bits per heavy atom. The van der Waals surface area contributed by atoms with Crippen LogP contribution >= 0.6 is 11.3 Å². The van der Waals surface area contributed by atoms with Gasteiger partial charge in [0.1, 0.15) is 11.5 Å². The van der Waals surface area contributed by atoms with Gasteiger partial charge in [0.05, 0.1) is 33.4 Å². The molecule has 1 saturated heterocycles. The SMILES string of the molecule is Cc1ccc(S(=O)(=O)N2CCC3=Cc4c(cnn4-c4ccc(F)cc4)C[C@]3(C(=O)c3cscn3)C2)cc1. The number of carbonyl (C=O) groups excluding carboxylic acids is 1. The summed E-state index contributed by atoms with van der Waals surface area (Å²) in [5.41, 5.74) is 5.03. The molecule has 7 nitrogen and oxygen atoms in total. The number of aromatic nitrogens is 3. The Kier molecular flexibility index (Phi) is 5.70. The molecule has 0 bridgehead atoms. The van der Waals surface area contributed by atoms with Crippen LogP contribution in [0.5, 0.6) is 0 Å². The van der Waals surface area contributed by atoms with Gasteiger partial charge in [0.2, 0.25) is 10.0 Å². The number of halogens is 1. The van der Waals surface area contributed by atoms with Crippen molar-refractivity contribution < 1.29 is 17.6 Å². The number of rotatable bonds is 5. The standard InChI is InChI=1S/C27H23FN4O3S2/c1-18-2-8-23(9-3-18)37(34,35)31-11-10-20-12-25-19(14-30-32(25)22-6-4-21(28)5-7-22)13-27(20,16-31)26(33)24-15-36-17-29-24/h2-9,12,14-15,17H,10-11,13,16H2,1H3/t27-/m0/s1. The van der Waals surface area contributed by atoms with E-state index in [-0.39, 0.29) is 29.6 Å². The van der Waals surface area contributed by atoms with Crippen LogP contribution in [0.15, 0.2) is 76.1 Å². The molecule has 2 aliphatic rings. The van der Waals surface area contributed by atoms with Gasteiger partial charge in [0, 0.05) is 18.5 Å². The summed E-state index contributed by atoms with van der Waals surface area (Å²) in [6.45, 7) is 2.18. The van der Waals surface area contributed by atoms with E-state index >= 15 is 0 Å². The van der Waals surface area contributed by atoms with Crippen LogP contribution in [0.2, 0.25) is 0 Å². The van der Waals surface area contributed by atoms with Crippen LogP contribution in [-0.4, -0.2) is 46.4 Å². The highest BCUT2D eigenvalue weighted by Gasteiger charge is 2.51. The fourth-order valence-corrected chi connectivity index (χ4v) is 7.27. The predicted octanol–water partition coefficient (Wildman–Crippen LogP) is 4.68. The fourth-order valence-electron chi connectivity index (χ4n) is 5.24.